The van der Waals surface area contributed by atoms with Crippen LogP contribution in [-0.4, -0.2) is 24.8 Å². The summed E-state index contributed by atoms with van der Waals surface area (Å²) < 4.78 is 40.6. The first kappa shape index (κ1) is 14.9. The molecule has 0 saturated heterocycles. The fraction of sp³-hybridized carbons (Fsp3) is 0.143. The van der Waals surface area contributed by atoms with Crippen molar-refractivity contribution in [1.82, 2.24) is 24.8 Å². The predicted molar refractivity (Wildman–Crippen MR) is 74.0 cm³/mol. The number of halogens is 3. The number of tetrazole rings is 1. The average molecular weight is 321 g/mol. The average Bonchev–Trinajstić information content (AvgIpc) is 2.97. The van der Waals surface area contributed by atoms with Crippen molar-refractivity contribution in [2.75, 3.05) is 0 Å². The first-order chi connectivity index (χ1) is 10.9. The van der Waals surface area contributed by atoms with Gasteiger partial charge in [-0.05, 0) is 28.6 Å². The van der Waals surface area contributed by atoms with Crippen molar-refractivity contribution in [3.8, 4) is 5.69 Å². The molecular weight excluding hydrogens is 311 g/mol. The molecule has 0 saturated carbocycles. The van der Waals surface area contributed by atoms with Crippen molar-refractivity contribution in [2.45, 2.75) is 12.7 Å². The van der Waals surface area contributed by atoms with Crippen molar-refractivity contribution in [3.63, 3.8) is 0 Å². The number of alkyl halides is 3. The molecule has 0 radical (unpaired) electrons. The summed E-state index contributed by atoms with van der Waals surface area (Å²) in [5.41, 5.74) is -0.830. The van der Waals surface area contributed by atoms with E-state index >= 15 is 0 Å². The van der Waals surface area contributed by atoms with Crippen molar-refractivity contribution in [2.24, 2.45) is 0 Å². The van der Waals surface area contributed by atoms with Gasteiger partial charge in [-0.25, -0.2) is 0 Å². The highest BCUT2D eigenvalue weighted by atomic mass is 19.4. The van der Waals surface area contributed by atoms with Crippen LogP contribution in [0.2, 0.25) is 0 Å². The first-order valence-corrected chi connectivity index (χ1v) is 6.55. The van der Waals surface area contributed by atoms with E-state index in [0.717, 1.165) is 22.9 Å². The van der Waals surface area contributed by atoms with Crippen LogP contribution in [0.25, 0.3) is 5.69 Å². The fourth-order valence-electron chi connectivity index (χ4n) is 2.05. The van der Waals surface area contributed by atoms with E-state index in [1.165, 1.54) is 4.68 Å². The quantitative estimate of drug-likeness (QED) is 0.739. The Morgan fingerprint density at radius 2 is 1.78 bits per heavy atom. The van der Waals surface area contributed by atoms with Crippen LogP contribution in [0.3, 0.4) is 0 Å². The van der Waals surface area contributed by atoms with Gasteiger partial charge in [0, 0.05) is 12.3 Å². The Hall–Kier alpha value is -2.97. The molecular formula is C14H10F3N5O. The van der Waals surface area contributed by atoms with E-state index in [1.54, 1.807) is 24.3 Å². The summed E-state index contributed by atoms with van der Waals surface area (Å²) in [5, 5.41) is 11.1. The molecule has 3 rings (SSSR count). The van der Waals surface area contributed by atoms with E-state index in [0.29, 0.717) is 5.69 Å². The summed E-state index contributed by atoms with van der Waals surface area (Å²) in [6.45, 7) is -0.176. The molecule has 2 heterocycles. The number of pyridine rings is 1. The highest BCUT2D eigenvalue weighted by Crippen LogP contribution is 2.28. The maximum Gasteiger partial charge on any atom is 0.417 e. The van der Waals surface area contributed by atoms with Crippen LogP contribution in [0.1, 0.15) is 11.4 Å². The molecule has 3 aromatic rings. The van der Waals surface area contributed by atoms with Crippen LogP contribution in [0.5, 0.6) is 0 Å². The Labute approximate surface area is 127 Å². The van der Waals surface area contributed by atoms with Crippen LogP contribution in [0, 0.1) is 0 Å². The number of rotatable bonds is 3. The van der Waals surface area contributed by atoms with Crippen LogP contribution in [-0.2, 0) is 12.7 Å². The summed E-state index contributed by atoms with van der Waals surface area (Å²) in [5.74, 6) is 0.248. The summed E-state index contributed by atoms with van der Waals surface area (Å²) >= 11 is 0. The lowest BCUT2D eigenvalue weighted by Crippen LogP contribution is -2.23. The van der Waals surface area contributed by atoms with Gasteiger partial charge < -0.3 is 4.57 Å². The molecule has 0 aliphatic heterocycles. The van der Waals surface area contributed by atoms with E-state index in [9.17, 15) is 18.0 Å². The van der Waals surface area contributed by atoms with Gasteiger partial charge in [0.1, 0.15) is 0 Å². The van der Waals surface area contributed by atoms with Crippen LogP contribution < -0.4 is 5.56 Å². The Balaban J connectivity index is 1.98. The lowest BCUT2D eigenvalue weighted by atomic mass is 10.2. The molecule has 0 atom stereocenters. The van der Waals surface area contributed by atoms with Crippen molar-refractivity contribution < 1.29 is 13.2 Å². The monoisotopic (exact) mass is 321 g/mol. The lowest BCUT2D eigenvalue weighted by Gasteiger charge is -2.10. The predicted octanol–water partition coefficient (Wildman–Crippen LogP) is 1.89. The molecule has 0 fully saturated rings. The van der Waals surface area contributed by atoms with E-state index in [-0.39, 0.29) is 12.4 Å². The van der Waals surface area contributed by atoms with Crippen molar-refractivity contribution in [1.29, 1.82) is 0 Å². The molecule has 0 aliphatic carbocycles. The largest absolute Gasteiger partial charge is 0.417 e. The topological polar surface area (TPSA) is 65.6 Å². The third kappa shape index (κ3) is 3.12. The molecule has 9 heteroatoms. The number of benzene rings is 1. The van der Waals surface area contributed by atoms with Crippen molar-refractivity contribution >= 4 is 0 Å². The van der Waals surface area contributed by atoms with Gasteiger partial charge >= 0.3 is 6.18 Å². The van der Waals surface area contributed by atoms with Gasteiger partial charge in [-0.1, -0.05) is 18.2 Å². The molecule has 23 heavy (non-hydrogen) atoms. The Morgan fingerprint density at radius 3 is 2.48 bits per heavy atom. The summed E-state index contributed by atoms with van der Waals surface area (Å²) in [4.78, 5) is 11.8. The molecule has 0 bridgehead atoms. The Bertz CT molecular complexity index is 870. The van der Waals surface area contributed by atoms with Crippen molar-refractivity contribution in [3.05, 3.63) is 70.4 Å². The number of hydrogen-bond acceptors (Lipinski definition) is 4. The molecule has 0 amide bonds. The minimum absolute atomic E-state index is 0.176. The molecule has 0 N–H and O–H groups in total. The molecule has 0 unspecified atom stereocenters. The van der Waals surface area contributed by atoms with Gasteiger partial charge in [0.2, 0.25) is 0 Å². The maximum absolute atomic E-state index is 12.8. The Kier molecular flexibility index (Phi) is 3.68. The second-order valence-corrected chi connectivity index (χ2v) is 4.72. The smallest absolute Gasteiger partial charge is 0.307 e. The second-order valence-electron chi connectivity index (χ2n) is 4.72. The van der Waals surface area contributed by atoms with Gasteiger partial charge in [0.25, 0.3) is 5.56 Å². The van der Waals surface area contributed by atoms with Gasteiger partial charge in [0.05, 0.1) is 17.8 Å². The van der Waals surface area contributed by atoms with Crippen LogP contribution in [0.15, 0.2) is 53.5 Å². The first-order valence-electron chi connectivity index (χ1n) is 6.55. The summed E-state index contributed by atoms with van der Waals surface area (Å²) in [6.07, 6.45) is -3.77. The molecule has 0 aliphatic rings. The fourth-order valence-corrected chi connectivity index (χ4v) is 2.05. The highest BCUT2D eigenvalue weighted by molar-refractivity contribution is 5.30. The maximum atomic E-state index is 12.8. The zero-order chi connectivity index (χ0) is 16.4. The molecule has 6 nitrogen and oxygen atoms in total. The van der Waals surface area contributed by atoms with E-state index in [1.807, 2.05) is 6.07 Å². The van der Waals surface area contributed by atoms with Gasteiger partial charge in [-0.15, -0.1) is 5.10 Å². The zero-order valence-corrected chi connectivity index (χ0v) is 11.6. The zero-order valence-electron chi connectivity index (χ0n) is 11.6. The SMILES string of the molecule is O=c1ccc(C(F)(F)F)cn1Cc1nnnn1-c1ccccc1. The highest BCUT2D eigenvalue weighted by Gasteiger charge is 2.31. The van der Waals surface area contributed by atoms with Gasteiger partial charge in [-0.3, -0.25) is 4.79 Å². The lowest BCUT2D eigenvalue weighted by molar-refractivity contribution is -0.138. The molecule has 0 spiro atoms. The number of aromatic nitrogens is 5. The minimum Gasteiger partial charge on any atom is -0.307 e. The third-order valence-electron chi connectivity index (χ3n) is 3.16. The molecule has 2 aromatic heterocycles. The van der Waals surface area contributed by atoms with E-state index in [2.05, 4.69) is 15.5 Å². The van der Waals surface area contributed by atoms with Crippen LogP contribution >= 0.6 is 0 Å². The van der Waals surface area contributed by atoms with Crippen LogP contribution in [0.4, 0.5) is 13.2 Å². The minimum atomic E-state index is -4.53. The van der Waals surface area contributed by atoms with E-state index < -0.39 is 17.3 Å². The second kappa shape index (κ2) is 5.67. The normalized spacial score (nSPS) is 11.6. The number of para-hydroxylation sites is 1. The summed E-state index contributed by atoms with van der Waals surface area (Å²) in [6, 6.07) is 10.5. The number of hydrogen-bond donors (Lipinski definition) is 0. The third-order valence-corrected chi connectivity index (χ3v) is 3.16. The molecule has 1 aromatic carbocycles. The van der Waals surface area contributed by atoms with E-state index in [4.69, 9.17) is 0 Å². The number of nitrogens with zero attached hydrogens (tertiary/aromatic N) is 5. The standard InChI is InChI=1S/C14H10F3N5O/c15-14(16,17)10-6-7-13(23)21(8-10)9-12-18-19-20-22(12)11-4-2-1-3-5-11/h1-8H,9H2. The Morgan fingerprint density at radius 1 is 1.04 bits per heavy atom. The molecule has 118 valence electrons. The van der Waals surface area contributed by atoms with Gasteiger partial charge in [0.15, 0.2) is 5.82 Å². The van der Waals surface area contributed by atoms with Gasteiger partial charge in [-0.2, -0.15) is 17.9 Å². The summed E-state index contributed by atoms with van der Waals surface area (Å²) in [7, 11) is 0.